The molecule has 0 unspecified atom stereocenters. The highest BCUT2D eigenvalue weighted by Crippen LogP contribution is 2.01. The van der Waals surface area contributed by atoms with Crippen molar-refractivity contribution in [3.05, 3.63) is 47.8 Å². The predicted octanol–water partition coefficient (Wildman–Crippen LogP) is 0.686. The molecule has 0 bridgehead atoms. The van der Waals surface area contributed by atoms with Crippen LogP contribution >= 0.6 is 0 Å². The summed E-state index contributed by atoms with van der Waals surface area (Å²) in [6.45, 7) is 0.616. The molecular weight excluding hydrogens is 204 g/mol. The second kappa shape index (κ2) is 4.57. The van der Waals surface area contributed by atoms with Crippen LogP contribution in [0.2, 0.25) is 0 Å². The fourth-order valence-corrected chi connectivity index (χ4v) is 1.38. The van der Waals surface area contributed by atoms with Crippen molar-refractivity contribution in [2.75, 3.05) is 7.05 Å². The summed E-state index contributed by atoms with van der Waals surface area (Å²) in [6, 6.07) is 9.89. The molecule has 1 heterocycles. The van der Waals surface area contributed by atoms with Crippen molar-refractivity contribution < 1.29 is 4.79 Å². The molecule has 0 aliphatic rings. The van der Waals surface area contributed by atoms with E-state index in [0.29, 0.717) is 12.2 Å². The SMILES string of the molecule is CNC(=O)c1cn(Cc2ccccc2)nn1. The van der Waals surface area contributed by atoms with E-state index in [9.17, 15) is 4.79 Å². The number of aromatic nitrogens is 3. The van der Waals surface area contributed by atoms with E-state index in [0.717, 1.165) is 5.56 Å². The molecule has 0 aliphatic heterocycles. The lowest BCUT2D eigenvalue weighted by atomic mass is 10.2. The van der Waals surface area contributed by atoms with E-state index < -0.39 is 0 Å². The number of nitrogens with one attached hydrogen (secondary N) is 1. The highest BCUT2D eigenvalue weighted by Gasteiger charge is 2.08. The zero-order chi connectivity index (χ0) is 11.4. The Labute approximate surface area is 93.1 Å². The summed E-state index contributed by atoms with van der Waals surface area (Å²) in [4.78, 5) is 11.3. The van der Waals surface area contributed by atoms with E-state index in [1.54, 1.807) is 17.9 Å². The Balaban J connectivity index is 2.12. The first-order valence-electron chi connectivity index (χ1n) is 4.96. The number of benzene rings is 1. The van der Waals surface area contributed by atoms with Crippen molar-refractivity contribution in [3.8, 4) is 0 Å². The van der Waals surface area contributed by atoms with Gasteiger partial charge in [-0.1, -0.05) is 35.5 Å². The first kappa shape index (κ1) is 10.4. The van der Waals surface area contributed by atoms with Crippen LogP contribution in [-0.2, 0) is 6.54 Å². The maximum atomic E-state index is 11.3. The standard InChI is InChI=1S/C11H12N4O/c1-12-11(16)10-8-15(14-13-10)7-9-5-3-2-4-6-9/h2-6,8H,7H2,1H3,(H,12,16). The smallest absolute Gasteiger partial charge is 0.273 e. The molecule has 0 atom stereocenters. The van der Waals surface area contributed by atoms with Crippen LogP contribution in [-0.4, -0.2) is 27.9 Å². The van der Waals surface area contributed by atoms with Crippen LogP contribution in [0.5, 0.6) is 0 Å². The molecule has 2 rings (SSSR count). The number of nitrogens with zero attached hydrogens (tertiary/aromatic N) is 3. The number of amides is 1. The summed E-state index contributed by atoms with van der Waals surface area (Å²) in [6.07, 6.45) is 1.63. The van der Waals surface area contributed by atoms with Gasteiger partial charge in [0.15, 0.2) is 5.69 Å². The molecule has 1 aromatic heterocycles. The molecular formula is C11H12N4O. The van der Waals surface area contributed by atoms with Crippen molar-refractivity contribution in [1.29, 1.82) is 0 Å². The average molecular weight is 216 g/mol. The third kappa shape index (κ3) is 2.25. The second-order valence-corrected chi connectivity index (χ2v) is 3.37. The molecule has 1 N–H and O–H groups in total. The Kier molecular flexibility index (Phi) is 2.95. The molecule has 0 saturated carbocycles. The molecule has 0 radical (unpaired) electrons. The van der Waals surface area contributed by atoms with Crippen LogP contribution in [0.1, 0.15) is 16.1 Å². The lowest BCUT2D eigenvalue weighted by Crippen LogP contribution is -2.18. The Morgan fingerprint density at radius 1 is 1.38 bits per heavy atom. The summed E-state index contributed by atoms with van der Waals surface area (Å²) in [5.74, 6) is -0.223. The molecule has 0 aliphatic carbocycles. The van der Waals surface area contributed by atoms with E-state index in [1.807, 2.05) is 30.3 Å². The number of rotatable bonds is 3. The quantitative estimate of drug-likeness (QED) is 0.821. The zero-order valence-corrected chi connectivity index (χ0v) is 8.92. The minimum absolute atomic E-state index is 0.223. The normalized spacial score (nSPS) is 10.1. The van der Waals surface area contributed by atoms with Crippen molar-refractivity contribution in [1.82, 2.24) is 20.3 Å². The summed E-state index contributed by atoms with van der Waals surface area (Å²) < 4.78 is 1.64. The van der Waals surface area contributed by atoms with Crippen LogP contribution in [0.3, 0.4) is 0 Å². The topological polar surface area (TPSA) is 59.8 Å². The molecule has 5 nitrogen and oxygen atoms in total. The van der Waals surface area contributed by atoms with Gasteiger partial charge in [-0.05, 0) is 5.56 Å². The van der Waals surface area contributed by atoms with Gasteiger partial charge in [-0.15, -0.1) is 5.10 Å². The van der Waals surface area contributed by atoms with Gasteiger partial charge in [-0.25, -0.2) is 4.68 Å². The maximum Gasteiger partial charge on any atom is 0.273 e. The highest BCUT2D eigenvalue weighted by molar-refractivity contribution is 5.91. The van der Waals surface area contributed by atoms with Gasteiger partial charge in [0, 0.05) is 7.05 Å². The number of carbonyl (C=O) groups excluding carboxylic acids is 1. The Morgan fingerprint density at radius 3 is 2.81 bits per heavy atom. The van der Waals surface area contributed by atoms with Gasteiger partial charge in [0.25, 0.3) is 5.91 Å². The van der Waals surface area contributed by atoms with Crippen LogP contribution in [0.4, 0.5) is 0 Å². The number of carbonyl (C=O) groups is 1. The Hall–Kier alpha value is -2.17. The van der Waals surface area contributed by atoms with Crippen molar-refractivity contribution in [3.63, 3.8) is 0 Å². The van der Waals surface area contributed by atoms with E-state index in [1.165, 1.54) is 0 Å². The van der Waals surface area contributed by atoms with Crippen LogP contribution in [0.25, 0.3) is 0 Å². The van der Waals surface area contributed by atoms with Gasteiger partial charge in [0.05, 0.1) is 12.7 Å². The van der Waals surface area contributed by atoms with Gasteiger partial charge in [-0.3, -0.25) is 4.79 Å². The second-order valence-electron chi connectivity index (χ2n) is 3.37. The van der Waals surface area contributed by atoms with E-state index in [-0.39, 0.29) is 5.91 Å². The lowest BCUT2D eigenvalue weighted by Gasteiger charge is -1.99. The van der Waals surface area contributed by atoms with Gasteiger partial charge in [0.1, 0.15) is 0 Å². The highest BCUT2D eigenvalue weighted by atomic mass is 16.1. The molecule has 0 spiro atoms. The summed E-state index contributed by atoms with van der Waals surface area (Å²) in [7, 11) is 1.57. The Morgan fingerprint density at radius 2 is 2.12 bits per heavy atom. The molecule has 82 valence electrons. The van der Waals surface area contributed by atoms with E-state index in [4.69, 9.17) is 0 Å². The summed E-state index contributed by atoms with van der Waals surface area (Å²) >= 11 is 0. The van der Waals surface area contributed by atoms with Crippen LogP contribution in [0, 0.1) is 0 Å². The molecule has 1 amide bonds. The average Bonchev–Trinajstić information content (AvgIpc) is 2.78. The van der Waals surface area contributed by atoms with Gasteiger partial charge < -0.3 is 5.32 Å². The first-order chi connectivity index (χ1) is 7.79. The molecule has 16 heavy (non-hydrogen) atoms. The van der Waals surface area contributed by atoms with Gasteiger partial charge in [-0.2, -0.15) is 0 Å². The zero-order valence-electron chi connectivity index (χ0n) is 8.92. The van der Waals surface area contributed by atoms with E-state index in [2.05, 4.69) is 15.6 Å². The predicted molar refractivity (Wildman–Crippen MR) is 59.0 cm³/mol. The molecule has 0 saturated heterocycles. The monoisotopic (exact) mass is 216 g/mol. The van der Waals surface area contributed by atoms with E-state index >= 15 is 0 Å². The molecule has 2 aromatic rings. The number of hydrogen-bond acceptors (Lipinski definition) is 3. The molecule has 0 fully saturated rings. The number of hydrogen-bond donors (Lipinski definition) is 1. The summed E-state index contributed by atoms with van der Waals surface area (Å²) in [5, 5.41) is 10.2. The minimum Gasteiger partial charge on any atom is -0.354 e. The third-order valence-corrected chi connectivity index (χ3v) is 2.19. The van der Waals surface area contributed by atoms with Crippen LogP contribution < -0.4 is 5.32 Å². The first-order valence-corrected chi connectivity index (χ1v) is 4.96. The van der Waals surface area contributed by atoms with Crippen molar-refractivity contribution >= 4 is 5.91 Å². The van der Waals surface area contributed by atoms with Crippen LogP contribution in [0.15, 0.2) is 36.5 Å². The van der Waals surface area contributed by atoms with Crippen molar-refractivity contribution in [2.45, 2.75) is 6.54 Å². The maximum absolute atomic E-state index is 11.3. The van der Waals surface area contributed by atoms with Crippen molar-refractivity contribution in [2.24, 2.45) is 0 Å². The largest absolute Gasteiger partial charge is 0.354 e. The molecule has 1 aromatic carbocycles. The fraction of sp³-hybridized carbons (Fsp3) is 0.182. The van der Waals surface area contributed by atoms with Gasteiger partial charge in [0.2, 0.25) is 0 Å². The third-order valence-electron chi connectivity index (χ3n) is 2.19. The summed E-state index contributed by atoms with van der Waals surface area (Å²) in [5.41, 5.74) is 1.45. The Bertz CT molecular complexity index is 478. The van der Waals surface area contributed by atoms with Gasteiger partial charge >= 0.3 is 0 Å². The lowest BCUT2D eigenvalue weighted by molar-refractivity contribution is 0.0958. The fourth-order valence-electron chi connectivity index (χ4n) is 1.38. The minimum atomic E-state index is -0.223. The molecule has 5 heteroatoms.